The minimum absolute atomic E-state index is 0.0127. The summed E-state index contributed by atoms with van der Waals surface area (Å²) in [6.07, 6.45) is 2.58. The standard InChI is InChI=1S/C16H15BrClN3/c17-12-6-5-11(14(18)8-12)7-13(19)9-21-10-20-15-3-1-2-4-16(15)21/h1-6,8,10,13H,7,9,19H2. The topological polar surface area (TPSA) is 43.8 Å². The van der Waals surface area contributed by atoms with E-state index in [1.807, 2.05) is 42.7 Å². The van der Waals surface area contributed by atoms with E-state index in [2.05, 4.69) is 31.5 Å². The van der Waals surface area contributed by atoms with Crippen LogP contribution in [0.15, 0.2) is 53.3 Å². The Kier molecular flexibility index (Phi) is 4.29. The molecule has 2 aromatic carbocycles. The zero-order chi connectivity index (χ0) is 14.8. The summed E-state index contributed by atoms with van der Waals surface area (Å²) in [6.45, 7) is 0.715. The lowest BCUT2D eigenvalue weighted by molar-refractivity contribution is 0.559. The molecule has 3 nitrogen and oxygen atoms in total. The van der Waals surface area contributed by atoms with E-state index in [0.29, 0.717) is 6.54 Å². The van der Waals surface area contributed by atoms with Crippen LogP contribution in [0.5, 0.6) is 0 Å². The van der Waals surface area contributed by atoms with Gasteiger partial charge in [-0.25, -0.2) is 4.98 Å². The molecule has 21 heavy (non-hydrogen) atoms. The van der Waals surface area contributed by atoms with Crippen LogP contribution in [0.2, 0.25) is 5.02 Å². The smallest absolute Gasteiger partial charge is 0.0958 e. The van der Waals surface area contributed by atoms with Crippen molar-refractivity contribution in [3.8, 4) is 0 Å². The molecule has 0 bridgehead atoms. The lowest BCUT2D eigenvalue weighted by atomic mass is 10.1. The number of rotatable bonds is 4. The molecule has 0 saturated heterocycles. The number of nitrogens with two attached hydrogens (primary N) is 1. The van der Waals surface area contributed by atoms with E-state index in [4.69, 9.17) is 17.3 Å². The minimum Gasteiger partial charge on any atom is -0.329 e. The molecule has 0 radical (unpaired) electrons. The number of nitrogens with zero attached hydrogens (tertiary/aromatic N) is 2. The van der Waals surface area contributed by atoms with E-state index in [1.165, 1.54) is 0 Å². The summed E-state index contributed by atoms with van der Waals surface area (Å²) < 4.78 is 3.07. The Morgan fingerprint density at radius 3 is 2.86 bits per heavy atom. The van der Waals surface area contributed by atoms with Crippen LogP contribution < -0.4 is 5.73 Å². The first kappa shape index (κ1) is 14.6. The van der Waals surface area contributed by atoms with Crippen molar-refractivity contribution in [1.29, 1.82) is 0 Å². The molecule has 0 aliphatic heterocycles. The van der Waals surface area contributed by atoms with Gasteiger partial charge in [0.15, 0.2) is 0 Å². The highest BCUT2D eigenvalue weighted by molar-refractivity contribution is 9.10. The second-order valence-corrected chi connectivity index (χ2v) is 6.41. The SMILES string of the molecule is NC(Cc1ccc(Br)cc1Cl)Cn1cnc2ccccc21. The predicted octanol–water partition coefficient (Wildman–Crippen LogP) is 4.02. The van der Waals surface area contributed by atoms with Crippen LogP contribution in [0, 0.1) is 0 Å². The third-order valence-corrected chi connectivity index (χ3v) is 4.30. The van der Waals surface area contributed by atoms with Crippen molar-refractivity contribution in [1.82, 2.24) is 9.55 Å². The first-order valence-electron chi connectivity index (χ1n) is 6.73. The fourth-order valence-corrected chi connectivity index (χ4v) is 3.19. The van der Waals surface area contributed by atoms with E-state index < -0.39 is 0 Å². The molecule has 1 heterocycles. The van der Waals surface area contributed by atoms with Gasteiger partial charge in [-0.3, -0.25) is 0 Å². The van der Waals surface area contributed by atoms with Crippen LogP contribution in [-0.2, 0) is 13.0 Å². The zero-order valence-electron chi connectivity index (χ0n) is 11.3. The van der Waals surface area contributed by atoms with Crippen LogP contribution >= 0.6 is 27.5 Å². The first-order valence-corrected chi connectivity index (χ1v) is 7.90. The van der Waals surface area contributed by atoms with Gasteiger partial charge in [-0.1, -0.05) is 45.7 Å². The highest BCUT2D eigenvalue weighted by Gasteiger charge is 2.10. The van der Waals surface area contributed by atoms with Gasteiger partial charge in [-0.15, -0.1) is 0 Å². The zero-order valence-corrected chi connectivity index (χ0v) is 13.7. The Labute approximate surface area is 136 Å². The third kappa shape index (κ3) is 3.28. The van der Waals surface area contributed by atoms with E-state index >= 15 is 0 Å². The number of benzene rings is 2. The summed E-state index contributed by atoms with van der Waals surface area (Å²) in [5.74, 6) is 0. The van der Waals surface area contributed by atoms with Crippen molar-refractivity contribution in [3.63, 3.8) is 0 Å². The monoisotopic (exact) mass is 363 g/mol. The summed E-state index contributed by atoms with van der Waals surface area (Å²) in [5, 5.41) is 0.746. The van der Waals surface area contributed by atoms with Crippen molar-refractivity contribution < 1.29 is 0 Å². The van der Waals surface area contributed by atoms with E-state index in [9.17, 15) is 0 Å². The number of hydrogen-bond acceptors (Lipinski definition) is 2. The molecule has 5 heteroatoms. The van der Waals surface area contributed by atoms with Crippen molar-refractivity contribution in [2.45, 2.75) is 19.0 Å². The van der Waals surface area contributed by atoms with Gasteiger partial charge >= 0.3 is 0 Å². The maximum atomic E-state index is 6.28. The normalized spacial score (nSPS) is 12.7. The summed E-state index contributed by atoms with van der Waals surface area (Å²) in [5.41, 5.74) is 9.44. The summed E-state index contributed by atoms with van der Waals surface area (Å²) in [7, 11) is 0. The number of fused-ring (bicyclic) bond motifs is 1. The lowest BCUT2D eigenvalue weighted by Crippen LogP contribution is -2.28. The molecule has 2 N–H and O–H groups in total. The fraction of sp³-hybridized carbons (Fsp3) is 0.188. The molecule has 0 saturated carbocycles. The number of hydrogen-bond donors (Lipinski definition) is 1. The van der Waals surface area contributed by atoms with Crippen LogP contribution in [0.3, 0.4) is 0 Å². The Hall–Kier alpha value is -1.36. The van der Waals surface area contributed by atoms with E-state index in [1.54, 1.807) is 0 Å². The van der Waals surface area contributed by atoms with Gasteiger partial charge in [-0.2, -0.15) is 0 Å². The van der Waals surface area contributed by atoms with Crippen LogP contribution in [0.4, 0.5) is 0 Å². The van der Waals surface area contributed by atoms with Crippen molar-refractivity contribution >= 4 is 38.6 Å². The Bertz CT molecular complexity index is 769. The van der Waals surface area contributed by atoms with Gasteiger partial charge in [0.25, 0.3) is 0 Å². The molecule has 0 aliphatic carbocycles. The molecular formula is C16H15BrClN3. The number of aromatic nitrogens is 2. The van der Waals surface area contributed by atoms with Crippen molar-refractivity contribution in [3.05, 3.63) is 63.9 Å². The Morgan fingerprint density at radius 1 is 1.24 bits per heavy atom. The van der Waals surface area contributed by atoms with Gasteiger partial charge in [0.1, 0.15) is 0 Å². The molecular weight excluding hydrogens is 350 g/mol. The lowest BCUT2D eigenvalue weighted by Gasteiger charge is -2.14. The van der Waals surface area contributed by atoms with E-state index in [0.717, 1.165) is 32.5 Å². The molecule has 0 amide bonds. The first-order chi connectivity index (χ1) is 10.1. The maximum absolute atomic E-state index is 6.28. The number of para-hydroxylation sites is 2. The Morgan fingerprint density at radius 2 is 2.05 bits per heavy atom. The summed E-state index contributed by atoms with van der Waals surface area (Å²) in [4.78, 5) is 4.38. The summed E-state index contributed by atoms with van der Waals surface area (Å²) >= 11 is 9.66. The fourth-order valence-electron chi connectivity index (χ4n) is 2.44. The molecule has 1 atom stereocenters. The minimum atomic E-state index is -0.0127. The second kappa shape index (κ2) is 6.18. The van der Waals surface area contributed by atoms with Gasteiger partial charge in [0, 0.05) is 22.1 Å². The van der Waals surface area contributed by atoms with E-state index in [-0.39, 0.29) is 6.04 Å². The number of halogens is 2. The molecule has 3 rings (SSSR count). The molecule has 108 valence electrons. The Balaban J connectivity index is 1.75. The maximum Gasteiger partial charge on any atom is 0.0958 e. The van der Waals surface area contributed by atoms with Gasteiger partial charge in [0.2, 0.25) is 0 Å². The largest absolute Gasteiger partial charge is 0.329 e. The van der Waals surface area contributed by atoms with Crippen LogP contribution in [0.25, 0.3) is 11.0 Å². The highest BCUT2D eigenvalue weighted by Crippen LogP contribution is 2.22. The van der Waals surface area contributed by atoms with Crippen LogP contribution in [-0.4, -0.2) is 15.6 Å². The van der Waals surface area contributed by atoms with Crippen molar-refractivity contribution in [2.24, 2.45) is 5.73 Å². The third-order valence-electron chi connectivity index (χ3n) is 3.46. The average Bonchev–Trinajstić information content (AvgIpc) is 2.85. The molecule has 0 fully saturated rings. The molecule has 1 aromatic heterocycles. The molecule has 3 aromatic rings. The van der Waals surface area contributed by atoms with Crippen LogP contribution in [0.1, 0.15) is 5.56 Å². The quantitative estimate of drug-likeness (QED) is 0.760. The summed E-state index contributed by atoms with van der Waals surface area (Å²) in [6, 6.07) is 13.9. The molecule has 1 unspecified atom stereocenters. The second-order valence-electron chi connectivity index (χ2n) is 5.09. The van der Waals surface area contributed by atoms with Gasteiger partial charge < -0.3 is 10.3 Å². The molecule has 0 spiro atoms. The average molecular weight is 365 g/mol. The van der Waals surface area contributed by atoms with Crippen molar-refractivity contribution in [2.75, 3.05) is 0 Å². The highest BCUT2D eigenvalue weighted by atomic mass is 79.9. The molecule has 0 aliphatic rings. The van der Waals surface area contributed by atoms with Gasteiger partial charge in [0.05, 0.1) is 17.4 Å². The predicted molar refractivity (Wildman–Crippen MR) is 90.6 cm³/mol. The van der Waals surface area contributed by atoms with Gasteiger partial charge in [-0.05, 0) is 36.2 Å². The number of imidazole rings is 1.